The Bertz CT molecular complexity index is 1060. The molecule has 0 spiro atoms. The molecule has 146 valence electrons. The van der Waals surface area contributed by atoms with Crippen molar-refractivity contribution in [3.63, 3.8) is 0 Å². The normalized spacial score (nSPS) is 12.0. The summed E-state index contributed by atoms with van der Waals surface area (Å²) in [5.41, 5.74) is 5.19. The second-order valence-electron chi connectivity index (χ2n) is 6.87. The molecule has 0 fully saturated rings. The van der Waals surface area contributed by atoms with Crippen molar-refractivity contribution in [2.45, 2.75) is 18.6 Å². The monoisotopic (exact) mass is 402 g/mol. The van der Waals surface area contributed by atoms with Crippen molar-refractivity contribution in [1.29, 1.82) is 0 Å². The molecule has 2 aromatic heterocycles. The van der Waals surface area contributed by atoms with Gasteiger partial charge in [0.05, 0.1) is 22.0 Å². The van der Waals surface area contributed by atoms with E-state index in [9.17, 15) is 4.79 Å². The SMILES string of the molecule is CC(SCC(=O)Nc1ccc(Cc2ccncc2)cc1)c1nc2ccccc2[nH]1. The first-order valence-electron chi connectivity index (χ1n) is 9.51. The second kappa shape index (κ2) is 8.92. The molecule has 2 N–H and O–H groups in total. The van der Waals surface area contributed by atoms with Crippen molar-refractivity contribution in [3.8, 4) is 0 Å². The van der Waals surface area contributed by atoms with Gasteiger partial charge in [0.2, 0.25) is 5.91 Å². The van der Waals surface area contributed by atoms with Crippen LogP contribution in [0, 0.1) is 0 Å². The van der Waals surface area contributed by atoms with Crippen LogP contribution >= 0.6 is 11.8 Å². The van der Waals surface area contributed by atoms with Crippen LogP contribution in [0.15, 0.2) is 73.1 Å². The Labute approximate surface area is 174 Å². The maximum atomic E-state index is 12.3. The number of aromatic nitrogens is 3. The van der Waals surface area contributed by atoms with E-state index in [0.29, 0.717) is 5.75 Å². The minimum atomic E-state index is -0.0140. The van der Waals surface area contributed by atoms with E-state index in [1.807, 2.05) is 60.7 Å². The Morgan fingerprint density at radius 3 is 2.52 bits per heavy atom. The van der Waals surface area contributed by atoms with Crippen molar-refractivity contribution < 1.29 is 4.79 Å². The summed E-state index contributed by atoms with van der Waals surface area (Å²) in [6.45, 7) is 2.06. The Morgan fingerprint density at radius 2 is 1.76 bits per heavy atom. The summed E-state index contributed by atoms with van der Waals surface area (Å²) in [6.07, 6.45) is 4.45. The average molecular weight is 403 g/mol. The molecule has 1 unspecified atom stereocenters. The van der Waals surface area contributed by atoms with Gasteiger partial charge in [0.1, 0.15) is 5.82 Å². The third kappa shape index (κ3) is 5.03. The highest BCUT2D eigenvalue weighted by molar-refractivity contribution is 8.00. The lowest BCUT2D eigenvalue weighted by Gasteiger charge is -2.09. The smallest absolute Gasteiger partial charge is 0.234 e. The molecule has 2 heterocycles. The molecule has 6 heteroatoms. The standard InChI is InChI=1S/C23H22N4OS/c1-16(23-26-20-4-2-3-5-21(20)27-23)29-15-22(28)25-19-8-6-17(7-9-19)14-18-10-12-24-13-11-18/h2-13,16H,14-15H2,1H3,(H,25,28)(H,26,27). The summed E-state index contributed by atoms with van der Waals surface area (Å²) >= 11 is 1.57. The number of amides is 1. The summed E-state index contributed by atoms with van der Waals surface area (Å²) in [4.78, 5) is 24.3. The Morgan fingerprint density at radius 1 is 1.03 bits per heavy atom. The molecule has 0 aliphatic heterocycles. The number of hydrogen-bond acceptors (Lipinski definition) is 4. The van der Waals surface area contributed by atoms with E-state index >= 15 is 0 Å². The van der Waals surface area contributed by atoms with Gasteiger partial charge >= 0.3 is 0 Å². The third-order valence-electron chi connectivity index (χ3n) is 4.65. The van der Waals surface area contributed by atoms with Crippen molar-refractivity contribution in [3.05, 3.63) is 90.0 Å². The van der Waals surface area contributed by atoms with Crippen molar-refractivity contribution >= 4 is 34.4 Å². The predicted octanol–water partition coefficient (Wildman–Crippen LogP) is 4.98. The van der Waals surface area contributed by atoms with Crippen molar-refractivity contribution in [1.82, 2.24) is 15.0 Å². The van der Waals surface area contributed by atoms with Gasteiger partial charge in [-0.15, -0.1) is 11.8 Å². The fraction of sp³-hybridized carbons (Fsp3) is 0.174. The van der Waals surface area contributed by atoms with Crippen molar-refractivity contribution in [2.75, 3.05) is 11.1 Å². The van der Waals surface area contributed by atoms with Crippen LogP contribution in [0.2, 0.25) is 0 Å². The highest BCUT2D eigenvalue weighted by Crippen LogP contribution is 2.27. The number of imidazole rings is 1. The molecule has 5 nitrogen and oxygen atoms in total. The molecular weight excluding hydrogens is 380 g/mol. The zero-order valence-corrected chi connectivity index (χ0v) is 16.9. The van der Waals surface area contributed by atoms with Gasteiger partial charge in [-0.05, 0) is 60.9 Å². The largest absolute Gasteiger partial charge is 0.341 e. The molecule has 2 aromatic carbocycles. The molecule has 0 radical (unpaired) electrons. The first kappa shape index (κ1) is 19.2. The molecule has 4 rings (SSSR count). The van der Waals surface area contributed by atoms with Gasteiger partial charge in [-0.25, -0.2) is 4.98 Å². The number of nitrogens with one attached hydrogen (secondary N) is 2. The molecule has 1 amide bonds. The predicted molar refractivity (Wildman–Crippen MR) is 119 cm³/mol. The molecule has 0 aliphatic carbocycles. The number of carbonyl (C=O) groups excluding carboxylic acids is 1. The van der Waals surface area contributed by atoms with Crippen LogP contribution in [0.25, 0.3) is 11.0 Å². The number of pyridine rings is 1. The maximum absolute atomic E-state index is 12.3. The van der Waals surface area contributed by atoms with Gasteiger partial charge in [-0.3, -0.25) is 9.78 Å². The summed E-state index contributed by atoms with van der Waals surface area (Å²) in [6, 6.07) is 19.9. The second-order valence-corrected chi connectivity index (χ2v) is 8.20. The van der Waals surface area contributed by atoms with E-state index in [4.69, 9.17) is 0 Å². The first-order valence-corrected chi connectivity index (χ1v) is 10.6. The quantitative estimate of drug-likeness (QED) is 0.457. The number of benzene rings is 2. The first-order chi connectivity index (χ1) is 14.2. The molecule has 0 saturated carbocycles. The van der Waals surface area contributed by atoms with Gasteiger partial charge in [0.15, 0.2) is 0 Å². The molecule has 29 heavy (non-hydrogen) atoms. The number of para-hydroxylation sites is 2. The number of fused-ring (bicyclic) bond motifs is 1. The Balaban J connectivity index is 1.29. The highest BCUT2D eigenvalue weighted by atomic mass is 32.2. The van der Waals surface area contributed by atoms with E-state index in [-0.39, 0.29) is 11.2 Å². The fourth-order valence-electron chi connectivity index (χ4n) is 3.08. The summed E-state index contributed by atoms with van der Waals surface area (Å²) < 4.78 is 0. The highest BCUT2D eigenvalue weighted by Gasteiger charge is 2.13. The number of aromatic amines is 1. The van der Waals surface area contributed by atoms with Gasteiger partial charge in [-0.1, -0.05) is 24.3 Å². The zero-order valence-electron chi connectivity index (χ0n) is 16.1. The van der Waals surface area contributed by atoms with E-state index in [0.717, 1.165) is 29.0 Å². The van der Waals surface area contributed by atoms with Crippen LogP contribution in [0.4, 0.5) is 5.69 Å². The minimum absolute atomic E-state index is 0.0140. The summed E-state index contributed by atoms with van der Waals surface area (Å²) in [5.74, 6) is 1.25. The number of rotatable bonds is 7. The number of nitrogens with zero attached hydrogens (tertiary/aromatic N) is 2. The van der Waals surface area contributed by atoms with Gasteiger partial charge < -0.3 is 10.3 Å². The summed E-state index contributed by atoms with van der Waals surface area (Å²) in [5, 5.41) is 3.07. The number of thioether (sulfide) groups is 1. The zero-order chi connectivity index (χ0) is 20.1. The van der Waals surface area contributed by atoms with E-state index in [2.05, 4.69) is 27.2 Å². The van der Waals surface area contributed by atoms with Crippen LogP contribution in [-0.4, -0.2) is 26.6 Å². The van der Waals surface area contributed by atoms with Crippen LogP contribution in [-0.2, 0) is 11.2 Å². The minimum Gasteiger partial charge on any atom is -0.341 e. The van der Waals surface area contributed by atoms with Crippen LogP contribution in [0.3, 0.4) is 0 Å². The summed E-state index contributed by atoms with van der Waals surface area (Å²) in [7, 11) is 0. The van der Waals surface area contributed by atoms with Crippen LogP contribution in [0.1, 0.15) is 29.1 Å². The molecule has 4 aromatic rings. The maximum Gasteiger partial charge on any atom is 0.234 e. The number of H-pyrrole nitrogens is 1. The van der Waals surface area contributed by atoms with E-state index < -0.39 is 0 Å². The van der Waals surface area contributed by atoms with Gasteiger partial charge in [-0.2, -0.15) is 0 Å². The Hall–Kier alpha value is -3.12. The molecular formula is C23H22N4OS. The Kier molecular flexibility index (Phi) is 5.91. The molecule has 0 bridgehead atoms. The van der Waals surface area contributed by atoms with Crippen LogP contribution in [0.5, 0.6) is 0 Å². The number of anilines is 1. The van der Waals surface area contributed by atoms with Gasteiger partial charge in [0.25, 0.3) is 0 Å². The molecule has 0 saturated heterocycles. The van der Waals surface area contributed by atoms with Crippen LogP contribution < -0.4 is 5.32 Å². The molecule has 0 aliphatic rings. The number of carbonyl (C=O) groups is 1. The number of hydrogen-bond donors (Lipinski definition) is 2. The topological polar surface area (TPSA) is 70.7 Å². The molecule has 1 atom stereocenters. The van der Waals surface area contributed by atoms with E-state index in [1.54, 1.807) is 24.2 Å². The average Bonchev–Trinajstić information content (AvgIpc) is 3.19. The van der Waals surface area contributed by atoms with Crippen molar-refractivity contribution in [2.24, 2.45) is 0 Å². The van der Waals surface area contributed by atoms with Gasteiger partial charge in [0, 0.05) is 18.1 Å². The lowest BCUT2D eigenvalue weighted by molar-refractivity contribution is -0.113. The fourth-order valence-corrected chi connectivity index (χ4v) is 3.83. The lowest BCUT2D eigenvalue weighted by Crippen LogP contribution is -2.14. The third-order valence-corrected chi connectivity index (χ3v) is 5.80. The van der Waals surface area contributed by atoms with E-state index in [1.165, 1.54) is 11.1 Å². The lowest BCUT2D eigenvalue weighted by atomic mass is 10.1.